The Labute approximate surface area is 147 Å². The number of esters is 1. The molecule has 0 bridgehead atoms. The summed E-state index contributed by atoms with van der Waals surface area (Å²) in [5, 5.41) is 12.6. The number of hydrogen-bond acceptors (Lipinski definition) is 5. The Hall–Kier alpha value is -1.57. The molecule has 23 heavy (non-hydrogen) atoms. The summed E-state index contributed by atoms with van der Waals surface area (Å²) in [6.45, 7) is 1.90. The van der Waals surface area contributed by atoms with Gasteiger partial charge in [0, 0.05) is 16.7 Å². The summed E-state index contributed by atoms with van der Waals surface area (Å²) in [5.41, 5.74) is 1.86. The second-order valence-electron chi connectivity index (χ2n) is 5.00. The number of β-amino-alcohol motifs (C(OH)–C–C–N with tert-alkyl or cyclic N) is 1. The third-order valence-corrected chi connectivity index (χ3v) is 4.68. The molecule has 2 N–H and O–H groups in total. The third kappa shape index (κ3) is 3.68. The van der Waals surface area contributed by atoms with Crippen molar-refractivity contribution in [2.24, 2.45) is 0 Å². The molecule has 0 saturated heterocycles. The van der Waals surface area contributed by atoms with Crippen LogP contribution in [-0.4, -0.2) is 48.7 Å². The van der Waals surface area contributed by atoms with Gasteiger partial charge in [0.05, 0.1) is 30.9 Å². The molecule has 0 fully saturated rings. The van der Waals surface area contributed by atoms with E-state index in [1.54, 1.807) is 12.1 Å². The Balaban J connectivity index is 2.39. The zero-order valence-electron chi connectivity index (χ0n) is 12.7. The molecule has 0 spiro atoms. The van der Waals surface area contributed by atoms with E-state index in [0.29, 0.717) is 15.2 Å². The van der Waals surface area contributed by atoms with Gasteiger partial charge >= 0.3 is 5.97 Å². The van der Waals surface area contributed by atoms with Gasteiger partial charge in [-0.25, -0.2) is 4.79 Å². The largest absolute Gasteiger partial charge is 0.466 e. The smallest absolute Gasteiger partial charge is 0.337 e. The highest BCUT2D eigenvalue weighted by atomic mass is 79.9. The predicted molar refractivity (Wildman–Crippen MR) is 90.2 cm³/mol. The number of ether oxygens (including phenoxy) is 1. The minimum atomic E-state index is -0.577. The van der Waals surface area contributed by atoms with Gasteiger partial charge < -0.3 is 20.1 Å². The highest BCUT2D eigenvalue weighted by Crippen LogP contribution is 2.31. The summed E-state index contributed by atoms with van der Waals surface area (Å²) < 4.78 is 5.41. The number of nitrogens with zero attached hydrogens (tertiary/aromatic N) is 1. The number of benzene rings is 1. The monoisotopic (exact) mass is 402 g/mol. The molecule has 124 valence electrons. The first-order valence-corrected chi connectivity index (χ1v) is 8.00. The maximum atomic E-state index is 12.4. The van der Waals surface area contributed by atoms with Crippen molar-refractivity contribution in [1.29, 1.82) is 0 Å². The molecule has 1 aliphatic rings. The van der Waals surface area contributed by atoms with Gasteiger partial charge in [-0.1, -0.05) is 11.6 Å². The van der Waals surface area contributed by atoms with Crippen LogP contribution >= 0.6 is 27.5 Å². The van der Waals surface area contributed by atoms with E-state index in [9.17, 15) is 9.59 Å². The molecule has 0 aliphatic carbocycles. The molecule has 2 rings (SSSR count). The lowest BCUT2D eigenvalue weighted by atomic mass is 10.1. The van der Waals surface area contributed by atoms with Crippen molar-refractivity contribution < 1.29 is 19.4 Å². The Bertz CT molecular complexity index is 690. The molecule has 6 nitrogen and oxygen atoms in total. The number of amides is 1. The Morgan fingerprint density at radius 3 is 2.83 bits per heavy atom. The molecule has 8 heteroatoms. The first kappa shape index (κ1) is 17.8. The fraction of sp³-hybridized carbons (Fsp3) is 0.333. The second kappa shape index (κ2) is 7.33. The van der Waals surface area contributed by atoms with Crippen molar-refractivity contribution in [1.82, 2.24) is 4.90 Å². The molecular weight excluding hydrogens is 388 g/mol. The number of rotatable bonds is 5. The number of carbonyl (C=O) groups excluding carboxylic acids is 2. The first-order valence-electron chi connectivity index (χ1n) is 6.83. The van der Waals surface area contributed by atoms with Crippen LogP contribution in [0.1, 0.15) is 5.56 Å². The highest BCUT2D eigenvalue weighted by Gasteiger charge is 2.34. The molecule has 1 aromatic rings. The number of aryl methyl sites for hydroxylation is 1. The van der Waals surface area contributed by atoms with Crippen molar-refractivity contribution in [2.45, 2.75) is 6.92 Å². The average molecular weight is 404 g/mol. The zero-order chi connectivity index (χ0) is 17.1. The van der Waals surface area contributed by atoms with E-state index in [2.05, 4.69) is 21.2 Å². The van der Waals surface area contributed by atoms with Gasteiger partial charge in [0.15, 0.2) is 0 Å². The van der Waals surface area contributed by atoms with Crippen LogP contribution in [0.25, 0.3) is 0 Å². The van der Waals surface area contributed by atoms with Gasteiger partial charge in [-0.05, 0) is 40.5 Å². The lowest BCUT2D eigenvalue weighted by molar-refractivity contribution is -0.136. The minimum absolute atomic E-state index is 0.0994. The van der Waals surface area contributed by atoms with Crippen molar-refractivity contribution in [3.05, 3.63) is 38.5 Å². The third-order valence-electron chi connectivity index (χ3n) is 3.48. The van der Waals surface area contributed by atoms with Gasteiger partial charge in [0.25, 0.3) is 5.91 Å². The summed E-state index contributed by atoms with van der Waals surface area (Å²) in [6.07, 6.45) is 0. The van der Waals surface area contributed by atoms with Crippen LogP contribution in [0.2, 0.25) is 5.02 Å². The first-order chi connectivity index (χ1) is 10.9. The summed E-state index contributed by atoms with van der Waals surface area (Å²) in [5.74, 6) is -0.933. The van der Waals surface area contributed by atoms with Gasteiger partial charge in [-0.3, -0.25) is 4.79 Å². The Morgan fingerprint density at radius 2 is 2.22 bits per heavy atom. The topological polar surface area (TPSA) is 78.9 Å². The number of halogens is 2. The molecule has 1 aromatic carbocycles. The van der Waals surface area contributed by atoms with Crippen molar-refractivity contribution >= 4 is 45.1 Å². The molecular formula is C15H16BrClN2O4. The van der Waals surface area contributed by atoms with Crippen molar-refractivity contribution in [3.63, 3.8) is 0 Å². The molecule has 0 radical (unpaired) electrons. The SMILES string of the molecule is COC(=O)C1=C(Nc2cc(Br)c(Cl)cc2C)C(=O)N(CCO)C1. The Morgan fingerprint density at radius 1 is 1.52 bits per heavy atom. The average Bonchev–Trinajstić information content (AvgIpc) is 2.81. The standard InChI is InChI=1S/C15H16BrClN2O4/c1-8-5-11(17)10(16)6-12(8)18-13-9(15(22)23-2)7-19(3-4-20)14(13)21/h5-6,18,20H,3-4,7H2,1-2H3. The number of carbonyl (C=O) groups is 2. The molecule has 0 unspecified atom stereocenters. The molecule has 0 atom stereocenters. The van der Waals surface area contributed by atoms with Crippen molar-refractivity contribution in [2.75, 3.05) is 32.1 Å². The van der Waals surface area contributed by atoms with Crippen LogP contribution in [0.3, 0.4) is 0 Å². The molecule has 1 heterocycles. The molecule has 0 saturated carbocycles. The highest BCUT2D eigenvalue weighted by molar-refractivity contribution is 9.10. The van der Waals surface area contributed by atoms with E-state index in [4.69, 9.17) is 21.4 Å². The summed E-state index contributed by atoms with van der Waals surface area (Å²) >= 11 is 9.36. The number of aliphatic hydroxyl groups excluding tert-OH is 1. The van der Waals surface area contributed by atoms with Crippen LogP contribution in [0.15, 0.2) is 27.9 Å². The van der Waals surface area contributed by atoms with Crippen molar-refractivity contribution in [3.8, 4) is 0 Å². The van der Waals surface area contributed by atoms with E-state index in [1.165, 1.54) is 12.0 Å². The summed E-state index contributed by atoms with van der Waals surface area (Å²) in [6, 6.07) is 3.48. The number of hydrogen-bond donors (Lipinski definition) is 2. The Kier molecular flexibility index (Phi) is 5.67. The molecule has 1 amide bonds. The maximum absolute atomic E-state index is 12.4. The van der Waals surface area contributed by atoms with Crippen LogP contribution in [0.5, 0.6) is 0 Å². The second-order valence-corrected chi connectivity index (χ2v) is 6.26. The van der Waals surface area contributed by atoms with E-state index in [1.807, 2.05) is 6.92 Å². The molecule has 1 aliphatic heterocycles. The van der Waals surface area contributed by atoms with Gasteiger partial charge in [-0.15, -0.1) is 0 Å². The van der Waals surface area contributed by atoms with E-state index in [0.717, 1.165) is 5.56 Å². The van der Waals surface area contributed by atoms with Gasteiger partial charge in [0.2, 0.25) is 0 Å². The zero-order valence-corrected chi connectivity index (χ0v) is 15.0. The number of aliphatic hydroxyl groups is 1. The predicted octanol–water partition coefficient (Wildman–Crippen LogP) is 2.08. The quantitative estimate of drug-likeness (QED) is 0.736. The minimum Gasteiger partial charge on any atom is -0.466 e. The van der Waals surface area contributed by atoms with Crippen LogP contribution < -0.4 is 5.32 Å². The van der Waals surface area contributed by atoms with Crippen LogP contribution in [0.4, 0.5) is 5.69 Å². The normalized spacial score (nSPS) is 14.5. The van der Waals surface area contributed by atoms with E-state index >= 15 is 0 Å². The molecule has 0 aromatic heterocycles. The summed E-state index contributed by atoms with van der Waals surface area (Å²) in [7, 11) is 1.26. The fourth-order valence-electron chi connectivity index (χ4n) is 2.26. The lowest BCUT2D eigenvalue weighted by Crippen LogP contribution is -2.31. The van der Waals surface area contributed by atoms with Gasteiger partial charge in [0.1, 0.15) is 5.70 Å². The number of anilines is 1. The number of methoxy groups -OCH3 is 1. The number of nitrogens with one attached hydrogen (secondary N) is 1. The maximum Gasteiger partial charge on any atom is 0.337 e. The van der Waals surface area contributed by atoms with Gasteiger partial charge in [-0.2, -0.15) is 0 Å². The van der Waals surface area contributed by atoms with E-state index in [-0.39, 0.29) is 36.9 Å². The fourth-order valence-corrected chi connectivity index (χ4v) is 2.83. The van der Waals surface area contributed by atoms with Crippen LogP contribution in [0, 0.1) is 6.92 Å². The lowest BCUT2D eigenvalue weighted by Gasteiger charge is -2.16. The van der Waals surface area contributed by atoms with Crippen LogP contribution in [-0.2, 0) is 14.3 Å². The summed E-state index contributed by atoms with van der Waals surface area (Å²) in [4.78, 5) is 25.8. The van der Waals surface area contributed by atoms with E-state index < -0.39 is 5.97 Å².